The summed E-state index contributed by atoms with van der Waals surface area (Å²) >= 11 is 2.78. The first kappa shape index (κ1) is 26.5. The summed E-state index contributed by atoms with van der Waals surface area (Å²) in [5.41, 5.74) is 5.69. The van der Waals surface area contributed by atoms with E-state index in [1.54, 1.807) is 36.0 Å². The molecule has 1 aromatic carbocycles. The lowest BCUT2D eigenvalue weighted by Gasteiger charge is -2.23. The lowest BCUT2D eigenvalue weighted by atomic mass is 10.0. The predicted molar refractivity (Wildman–Crippen MR) is 145 cm³/mol. The van der Waals surface area contributed by atoms with E-state index in [1.165, 1.54) is 31.2 Å². The second-order valence-electron chi connectivity index (χ2n) is 8.07. The maximum absolute atomic E-state index is 13.2. The number of nitrogens with two attached hydrogens (primary N) is 1. The summed E-state index contributed by atoms with van der Waals surface area (Å²) in [5.74, 6) is 1.70. The molecule has 1 saturated heterocycles. The Morgan fingerprint density at radius 2 is 2.03 bits per heavy atom. The average Bonchev–Trinajstić information content (AvgIpc) is 3.60. The van der Waals surface area contributed by atoms with Gasteiger partial charge in [0.25, 0.3) is 5.91 Å². The smallest absolute Gasteiger partial charge is 0.379 e. The molecule has 204 valence electrons. The maximum atomic E-state index is 13.2. The minimum absolute atomic E-state index is 0.0964. The summed E-state index contributed by atoms with van der Waals surface area (Å²) in [6, 6.07) is 8.16. The van der Waals surface area contributed by atoms with Gasteiger partial charge in [0.15, 0.2) is 5.76 Å². The van der Waals surface area contributed by atoms with E-state index in [2.05, 4.69) is 20.6 Å². The molecule has 3 aromatic heterocycles. The van der Waals surface area contributed by atoms with Crippen LogP contribution in [0.1, 0.15) is 10.6 Å². The Bertz CT molecular complexity index is 1510. The van der Waals surface area contributed by atoms with Gasteiger partial charge in [-0.15, -0.1) is 10.2 Å². The summed E-state index contributed by atoms with van der Waals surface area (Å²) in [4.78, 5) is 26.4. The van der Waals surface area contributed by atoms with Crippen molar-refractivity contribution in [3.8, 4) is 33.5 Å². The van der Waals surface area contributed by atoms with Crippen LogP contribution in [0.5, 0.6) is 17.2 Å². The van der Waals surface area contributed by atoms with Gasteiger partial charge in [-0.05, 0) is 18.2 Å². The van der Waals surface area contributed by atoms with Crippen LogP contribution in [-0.4, -0.2) is 70.9 Å². The highest BCUT2D eigenvalue weighted by molar-refractivity contribution is 7.99. The van der Waals surface area contributed by atoms with E-state index in [1.807, 2.05) is 0 Å². The number of amides is 1. The Balaban J connectivity index is 1.50. The highest BCUT2D eigenvalue weighted by Gasteiger charge is 2.26. The molecule has 1 fully saturated rings. The molecule has 1 aliphatic heterocycles. The van der Waals surface area contributed by atoms with Gasteiger partial charge in [-0.25, -0.2) is 4.79 Å². The van der Waals surface area contributed by atoms with Crippen molar-refractivity contribution < 1.29 is 28.2 Å². The number of ether oxygens (including phenoxy) is 4. The third-order valence-corrected chi connectivity index (χ3v) is 7.49. The monoisotopic (exact) mass is 572 g/mol. The molecule has 13 nitrogen and oxygen atoms in total. The minimum Gasteiger partial charge on any atom is -0.496 e. The maximum Gasteiger partial charge on any atom is 0.379 e. The molecule has 39 heavy (non-hydrogen) atoms. The van der Waals surface area contributed by atoms with E-state index in [9.17, 15) is 9.59 Å². The quantitative estimate of drug-likeness (QED) is 0.302. The Hall–Kier alpha value is -4.08. The van der Waals surface area contributed by atoms with Crippen LogP contribution in [0.3, 0.4) is 0 Å². The molecule has 1 aliphatic rings. The summed E-state index contributed by atoms with van der Waals surface area (Å²) in [5, 5.41) is 15.1. The van der Waals surface area contributed by atoms with Crippen LogP contribution in [0.4, 0.5) is 10.9 Å². The van der Waals surface area contributed by atoms with E-state index < -0.39 is 11.5 Å². The number of benzene rings is 1. The molecular weight excluding hydrogens is 548 g/mol. The number of methoxy groups -OCH3 is 2. The normalized spacial score (nSPS) is 15.1. The number of hydrogen-bond donors (Lipinski definition) is 2. The van der Waals surface area contributed by atoms with Crippen LogP contribution in [0.15, 0.2) is 45.7 Å². The van der Waals surface area contributed by atoms with Crippen LogP contribution in [0, 0.1) is 0 Å². The van der Waals surface area contributed by atoms with Crippen LogP contribution < -0.4 is 30.9 Å². The Kier molecular flexibility index (Phi) is 7.99. The number of nitrogens with one attached hydrogen (secondary N) is 1. The molecule has 15 heteroatoms. The van der Waals surface area contributed by atoms with Gasteiger partial charge >= 0.3 is 5.63 Å². The van der Waals surface area contributed by atoms with Gasteiger partial charge in [0.1, 0.15) is 30.0 Å². The van der Waals surface area contributed by atoms with Crippen molar-refractivity contribution in [1.82, 2.24) is 20.0 Å². The van der Waals surface area contributed by atoms with Crippen LogP contribution in [0.25, 0.3) is 16.3 Å². The Morgan fingerprint density at radius 3 is 2.69 bits per heavy atom. The number of carbonyl (C=O) groups is 1. The molecule has 1 atom stereocenters. The Labute approximate surface area is 230 Å². The molecule has 5 rings (SSSR count). The number of carbonyl (C=O) groups excluding carboxylic acids is 1. The first-order chi connectivity index (χ1) is 19.0. The molecule has 0 radical (unpaired) electrons. The fourth-order valence-electron chi connectivity index (χ4n) is 3.83. The number of thioether (sulfide) groups is 1. The first-order valence-corrected chi connectivity index (χ1v) is 13.6. The SMILES string of the molecule is COc1cccc(OC)c1-c1cc(C(=O)Nc2nnc(-n3nccc3N)s2)oc(=O)c1OCC1CSCCO1. The van der Waals surface area contributed by atoms with Gasteiger partial charge < -0.3 is 29.1 Å². The van der Waals surface area contributed by atoms with E-state index in [0.29, 0.717) is 34.6 Å². The zero-order valence-corrected chi connectivity index (χ0v) is 22.5. The molecular formula is C24H24N6O7S2. The predicted octanol–water partition coefficient (Wildman–Crippen LogP) is 2.71. The fraction of sp³-hybridized carbons (Fsp3) is 0.292. The lowest BCUT2D eigenvalue weighted by Crippen LogP contribution is -2.30. The third-order valence-electron chi connectivity index (χ3n) is 5.62. The second kappa shape index (κ2) is 11.8. The number of hydrogen-bond acceptors (Lipinski definition) is 13. The van der Waals surface area contributed by atoms with E-state index in [-0.39, 0.29) is 34.9 Å². The van der Waals surface area contributed by atoms with E-state index >= 15 is 0 Å². The van der Waals surface area contributed by atoms with Crippen LogP contribution >= 0.6 is 23.1 Å². The van der Waals surface area contributed by atoms with Gasteiger partial charge in [0.2, 0.25) is 16.0 Å². The molecule has 4 aromatic rings. The van der Waals surface area contributed by atoms with Crippen LogP contribution in [0.2, 0.25) is 0 Å². The van der Waals surface area contributed by atoms with E-state index in [0.717, 1.165) is 22.8 Å². The highest BCUT2D eigenvalue weighted by atomic mass is 32.2. The van der Waals surface area contributed by atoms with Crippen molar-refractivity contribution in [1.29, 1.82) is 0 Å². The summed E-state index contributed by atoms with van der Waals surface area (Å²) in [7, 11) is 2.98. The van der Waals surface area contributed by atoms with Gasteiger partial charge in [-0.1, -0.05) is 17.4 Å². The fourth-order valence-corrected chi connectivity index (χ4v) is 5.38. The molecule has 0 saturated carbocycles. The van der Waals surface area contributed by atoms with Crippen molar-refractivity contribution in [2.24, 2.45) is 0 Å². The highest BCUT2D eigenvalue weighted by Crippen LogP contribution is 2.42. The van der Waals surface area contributed by atoms with Crippen molar-refractivity contribution in [3.05, 3.63) is 52.7 Å². The molecule has 3 N–H and O–H groups in total. The summed E-state index contributed by atoms with van der Waals surface area (Å²) in [6.07, 6.45) is 1.31. The zero-order valence-electron chi connectivity index (χ0n) is 20.9. The van der Waals surface area contributed by atoms with Gasteiger partial charge in [-0.2, -0.15) is 21.5 Å². The van der Waals surface area contributed by atoms with E-state index in [4.69, 9.17) is 29.1 Å². The molecule has 0 spiro atoms. The minimum atomic E-state index is -0.851. The average molecular weight is 573 g/mol. The molecule has 0 bridgehead atoms. The van der Waals surface area contributed by atoms with Crippen molar-refractivity contribution in [2.75, 3.05) is 50.0 Å². The standard InChI is InChI=1S/C24H24N6O7S2/c1-33-15-4-3-5-16(34-2)19(15)14-10-17(37-22(32)20(14)36-11-13-12-38-9-8-35-13)21(31)27-23-28-29-24(39-23)30-18(25)6-7-26-30/h3-7,10,13H,8-9,11-12,25H2,1-2H3,(H,27,28,31). The lowest BCUT2D eigenvalue weighted by molar-refractivity contribution is 0.0389. The molecule has 0 aliphatic carbocycles. The van der Waals surface area contributed by atoms with Gasteiger partial charge in [-0.3, -0.25) is 10.1 Å². The van der Waals surface area contributed by atoms with Gasteiger partial charge in [0.05, 0.1) is 32.6 Å². The number of nitrogen functional groups attached to an aromatic ring is 1. The molecule has 1 unspecified atom stereocenters. The van der Waals surface area contributed by atoms with Crippen molar-refractivity contribution in [2.45, 2.75) is 6.10 Å². The Morgan fingerprint density at radius 1 is 1.23 bits per heavy atom. The van der Waals surface area contributed by atoms with Gasteiger partial charge in [0, 0.05) is 23.1 Å². The third kappa shape index (κ3) is 5.69. The topological polar surface area (TPSA) is 166 Å². The molecule has 1 amide bonds. The summed E-state index contributed by atoms with van der Waals surface area (Å²) in [6.45, 7) is 0.720. The zero-order chi connectivity index (χ0) is 27.4. The number of aromatic nitrogens is 4. The van der Waals surface area contributed by atoms with Crippen molar-refractivity contribution in [3.63, 3.8) is 0 Å². The summed E-state index contributed by atoms with van der Waals surface area (Å²) < 4.78 is 29.5. The largest absolute Gasteiger partial charge is 0.496 e. The number of anilines is 2. The van der Waals surface area contributed by atoms with Crippen LogP contribution in [-0.2, 0) is 4.74 Å². The second-order valence-corrected chi connectivity index (χ2v) is 10.2. The van der Waals surface area contributed by atoms with Crippen molar-refractivity contribution >= 4 is 40.0 Å². The number of rotatable bonds is 9. The number of nitrogens with zero attached hydrogens (tertiary/aromatic N) is 4. The first-order valence-electron chi connectivity index (χ1n) is 11.6. The molecule has 4 heterocycles.